The van der Waals surface area contributed by atoms with Gasteiger partial charge in [0.15, 0.2) is 0 Å². The summed E-state index contributed by atoms with van der Waals surface area (Å²) >= 11 is 0. The van der Waals surface area contributed by atoms with Gasteiger partial charge in [-0.25, -0.2) is 4.98 Å². The predicted octanol–water partition coefficient (Wildman–Crippen LogP) is 2.07. The molecule has 3 nitrogen and oxygen atoms in total. The van der Waals surface area contributed by atoms with Crippen LogP contribution in [0.3, 0.4) is 0 Å². The zero-order valence-corrected chi connectivity index (χ0v) is 9.61. The van der Waals surface area contributed by atoms with E-state index in [1.54, 1.807) is 0 Å². The summed E-state index contributed by atoms with van der Waals surface area (Å²) in [4.78, 5) is 4.47. The van der Waals surface area contributed by atoms with Gasteiger partial charge in [0.25, 0.3) is 0 Å². The maximum absolute atomic E-state index is 6.10. The molecule has 0 saturated heterocycles. The van der Waals surface area contributed by atoms with Crippen molar-refractivity contribution in [3.63, 3.8) is 0 Å². The first-order valence-electron chi connectivity index (χ1n) is 5.87. The average molecular weight is 215 g/mol. The van der Waals surface area contributed by atoms with Crippen LogP contribution < -0.4 is 5.73 Å². The molecule has 0 spiro atoms. The summed E-state index contributed by atoms with van der Waals surface area (Å²) in [5.41, 5.74) is 9.92. The zero-order valence-electron chi connectivity index (χ0n) is 9.61. The van der Waals surface area contributed by atoms with E-state index in [9.17, 15) is 0 Å². The van der Waals surface area contributed by atoms with Gasteiger partial charge < -0.3 is 10.1 Å². The van der Waals surface area contributed by atoms with Crippen molar-refractivity contribution >= 4 is 5.52 Å². The summed E-state index contributed by atoms with van der Waals surface area (Å²) in [6.07, 6.45) is 8.37. The zero-order chi connectivity index (χ0) is 11.2. The van der Waals surface area contributed by atoms with Crippen molar-refractivity contribution in [3.8, 4) is 0 Å². The maximum atomic E-state index is 6.10. The van der Waals surface area contributed by atoms with Crippen LogP contribution in [0.5, 0.6) is 0 Å². The van der Waals surface area contributed by atoms with Crippen LogP contribution in [0, 0.1) is 6.92 Å². The molecule has 2 aromatic heterocycles. The highest BCUT2D eigenvalue weighted by Crippen LogP contribution is 2.36. The van der Waals surface area contributed by atoms with Gasteiger partial charge in [-0.15, -0.1) is 0 Å². The van der Waals surface area contributed by atoms with Crippen molar-refractivity contribution in [2.45, 2.75) is 38.1 Å². The molecule has 0 unspecified atom stereocenters. The quantitative estimate of drug-likeness (QED) is 0.851. The van der Waals surface area contributed by atoms with Crippen LogP contribution in [0.4, 0.5) is 0 Å². The molecule has 2 aromatic rings. The molecule has 3 heteroatoms. The van der Waals surface area contributed by atoms with Gasteiger partial charge in [0, 0.05) is 11.7 Å². The van der Waals surface area contributed by atoms with E-state index < -0.39 is 0 Å². The minimum absolute atomic E-state index is 0.125. The average Bonchev–Trinajstić information content (AvgIpc) is 2.87. The molecule has 2 heterocycles. The van der Waals surface area contributed by atoms with E-state index in [1.165, 1.54) is 29.6 Å². The lowest BCUT2D eigenvalue weighted by atomic mass is 10.1. The van der Waals surface area contributed by atoms with Gasteiger partial charge in [0.2, 0.25) is 0 Å². The summed E-state index contributed by atoms with van der Waals surface area (Å²) in [7, 11) is 0. The fourth-order valence-electron chi connectivity index (χ4n) is 2.12. The Morgan fingerprint density at radius 2 is 2.31 bits per heavy atom. The lowest BCUT2D eigenvalue weighted by molar-refractivity contribution is 0.606. The second-order valence-corrected chi connectivity index (χ2v) is 5.05. The number of fused-ring (bicyclic) bond motifs is 1. The van der Waals surface area contributed by atoms with Crippen molar-refractivity contribution < 1.29 is 0 Å². The highest BCUT2D eigenvalue weighted by atomic mass is 15.0. The molecule has 1 fully saturated rings. The number of imidazole rings is 1. The largest absolute Gasteiger partial charge is 0.325 e. The number of rotatable bonds is 3. The Morgan fingerprint density at radius 1 is 1.50 bits per heavy atom. The fourth-order valence-corrected chi connectivity index (χ4v) is 2.12. The number of aromatic nitrogens is 2. The summed E-state index contributed by atoms with van der Waals surface area (Å²) in [5.74, 6) is 0. The third-order valence-corrected chi connectivity index (χ3v) is 3.53. The molecular weight excluding hydrogens is 198 g/mol. The van der Waals surface area contributed by atoms with Crippen molar-refractivity contribution in [2.75, 3.05) is 0 Å². The Kier molecular flexibility index (Phi) is 2.04. The first-order valence-corrected chi connectivity index (χ1v) is 5.87. The lowest BCUT2D eigenvalue weighted by Gasteiger charge is -2.06. The van der Waals surface area contributed by atoms with E-state index in [2.05, 4.69) is 34.6 Å². The number of nitrogens with zero attached hydrogens (tertiary/aromatic N) is 2. The van der Waals surface area contributed by atoms with Crippen LogP contribution in [0.25, 0.3) is 5.52 Å². The molecule has 1 saturated carbocycles. The minimum Gasteiger partial charge on any atom is -0.325 e. The molecule has 16 heavy (non-hydrogen) atoms. The van der Waals surface area contributed by atoms with Crippen LogP contribution in [-0.4, -0.2) is 14.9 Å². The highest BCUT2D eigenvalue weighted by Gasteiger charge is 2.37. The molecule has 3 rings (SSSR count). The van der Waals surface area contributed by atoms with Gasteiger partial charge in [0.1, 0.15) is 0 Å². The van der Waals surface area contributed by atoms with E-state index in [0.717, 1.165) is 12.8 Å². The molecule has 0 aromatic carbocycles. The van der Waals surface area contributed by atoms with Gasteiger partial charge in [-0.2, -0.15) is 0 Å². The standard InChI is InChI=1S/C13H17N3/c1-10-3-7-16-9-15-11(12(16)8-10)2-4-13(14)5-6-13/h3,7-9H,2,4-6,14H2,1H3. The predicted molar refractivity (Wildman–Crippen MR) is 64.4 cm³/mol. The van der Waals surface area contributed by atoms with Crippen LogP contribution in [0.1, 0.15) is 30.5 Å². The smallest absolute Gasteiger partial charge is 0.0995 e. The molecule has 0 aliphatic heterocycles. The summed E-state index contributed by atoms with van der Waals surface area (Å²) < 4.78 is 2.08. The topological polar surface area (TPSA) is 43.3 Å². The maximum Gasteiger partial charge on any atom is 0.0995 e. The van der Waals surface area contributed by atoms with Crippen molar-refractivity contribution in [3.05, 3.63) is 35.9 Å². The van der Waals surface area contributed by atoms with Gasteiger partial charge >= 0.3 is 0 Å². The SMILES string of the molecule is Cc1ccn2cnc(CCC3(N)CC3)c2c1. The van der Waals surface area contributed by atoms with Crippen molar-refractivity contribution in [1.82, 2.24) is 9.38 Å². The van der Waals surface area contributed by atoms with Crippen LogP contribution >= 0.6 is 0 Å². The third kappa shape index (κ3) is 1.71. The monoisotopic (exact) mass is 215 g/mol. The first kappa shape index (κ1) is 9.85. The Labute approximate surface area is 95.3 Å². The van der Waals surface area contributed by atoms with E-state index in [-0.39, 0.29) is 5.54 Å². The summed E-state index contributed by atoms with van der Waals surface area (Å²) in [6, 6.07) is 4.29. The summed E-state index contributed by atoms with van der Waals surface area (Å²) in [5, 5.41) is 0. The van der Waals surface area contributed by atoms with E-state index >= 15 is 0 Å². The molecule has 1 aliphatic rings. The second-order valence-electron chi connectivity index (χ2n) is 5.05. The lowest BCUT2D eigenvalue weighted by Crippen LogP contribution is -2.22. The van der Waals surface area contributed by atoms with Gasteiger partial charge in [-0.1, -0.05) is 0 Å². The Balaban J connectivity index is 1.88. The number of pyridine rings is 1. The van der Waals surface area contributed by atoms with Crippen LogP contribution in [0.15, 0.2) is 24.7 Å². The molecule has 1 aliphatic carbocycles. The minimum atomic E-state index is 0.125. The Hall–Kier alpha value is -1.35. The second kappa shape index (κ2) is 3.32. The van der Waals surface area contributed by atoms with Crippen molar-refractivity contribution in [1.29, 1.82) is 0 Å². The molecule has 0 atom stereocenters. The fraction of sp³-hybridized carbons (Fsp3) is 0.462. The molecule has 84 valence electrons. The molecular formula is C13H17N3. The Bertz CT molecular complexity index is 523. The van der Waals surface area contributed by atoms with E-state index in [4.69, 9.17) is 5.73 Å². The molecule has 0 bridgehead atoms. The van der Waals surface area contributed by atoms with E-state index in [1.807, 2.05) is 6.33 Å². The number of hydrogen-bond acceptors (Lipinski definition) is 2. The molecule has 0 amide bonds. The van der Waals surface area contributed by atoms with Gasteiger partial charge in [-0.05, 0) is 50.3 Å². The number of nitrogens with two attached hydrogens (primary N) is 1. The third-order valence-electron chi connectivity index (χ3n) is 3.53. The van der Waals surface area contributed by atoms with Crippen LogP contribution in [0.2, 0.25) is 0 Å². The normalized spacial score (nSPS) is 17.9. The number of hydrogen-bond donors (Lipinski definition) is 1. The highest BCUT2D eigenvalue weighted by molar-refractivity contribution is 5.53. The van der Waals surface area contributed by atoms with E-state index in [0.29, 0.717) is 0 Å². The van der Waals surface area contributed by atoms with Gasteiger partial charge in [-0.3, -0.25) is 0 Å². The molecule has 0 radical (unpaired) electrons. The first-order chi connectivity index (χ1) is 7.66. The summed E-state index contributed by atoms with van der Waals surface area (Å²) in [6.45, 7) is 2.11. The Morgan fingerprint density at radius 3 is 3.06 bits per heavy atom. The van der Waals surface area contributed by atoms with Crippen molar-refractivity contribution in [2.24, 2.45) is 5.73 Å². The number of aryl methyl sites for hydroxylation is 2. The van der Waals surface area contributed by atoms with Gasteiger partial charge in [0.05, 0.1) is 17.5 Å². The molecule has 2 N–H and O–H groups in total. The van der Waals surface area contributed by atoms with Crippen LogP contribution in [-0.2, 0) is 6.42 Å².